The van der Waals surface area contributed by atoms with Crippen molar-refractivity contribution < 1.29 is 5.11 Å². The van der Waals surface area contributed by atoms with Gasteiger partial charge in [0.1, 0.15) is 0 Å². The number of hydrogen-bond donors (Lipinski definition) is 2. The number of nitrogens with one attached hydrogen (secondary N) is 1. The van der Waals surface area contributed by atoms with Gasteiger partial charge in [-0.3, -0.25) is 4.90 Å². The summed E-state index contributed by atoms with van der Waals surface area (Å²) in [7, 11) is 0. The summed E-state index contributed by atoms with van der Waals surface area (Å²) in [5, 5.41) is 12.8. The van der Waals surface area contributed by atoms with Crippen LogP contribution in [0.1, 0.15) is 25.3 Å². The highest BCUT2D eigenvalue weighted by Gasteiger charge is 2.19. The van der Waals surface area contributed by atoms with Crippen LogP contribution >= 0.6 is 0 Å². The number of hydrogen-bond acceptors (Lipinski definition) is 3. The fraction of sp³-hybridized carbons (Fsp3) is 0.600. The molecule has 0 saturated carbocycles. The van der Waals surface area contributed by atoms with Gasteiger partial charge in [0.25, 0.3) is 0 Å². The molecule has 3 nitrogen and oxygen atoms in total. The number of likely N-dealkylation sites (tertiary alicyclic amines) is 1. The number of aliphatic hydroxyl groups is 1. The van der Waals surface area contributed by atoms with Crippen molar-refractivity contribution in [3.63, 3.8) is 0 Å². The molecule has 1 aliphatic heterocycles. The van der Waals surface area contributed by atoms with Gasteiger partial charge in [0.15, 0.2) is 0 Å². The Morgan fingerprint density at radius 3 is 2.89 bits per heavy atom. The lowest BCUT2D eigenvalue weighted by Crippen LogP contribution is -2.46. The number of rotatable bonds is 5. The lowest BCUT2D eigenvalue weighted by Gasteiger charge is -2.33. The molecular weight excluding hydrogens is 224 g/mol. The second-order valence-corrected chi connectivity index (χ2v) is 5.32. The van der Waals surface area contributed by atoms with Gasteiger partial charge in [-0.1, -0.05) is 30.3 Å². The number of aliphatic hydroxyl groups excluding tert-OH is 1. The molecule has 0 aliphatic carbocycles. The normalized spacial score (nSPS) is 22.9. The minimum absolute atomic E-state index is 0.255. The van der Waals surface area contributed by atoms with E-state index in [-0.39, 0.29) is 6.10 Å². The van der Waals surface area contributed by atoms with Crippen molar-refractivity contribution in [3.05, 3.63) is 35.9 Å². The Labute approximate surface area is 110 Å². The second kappa shape index (κ2) is 6.88. The van der Waals surface area contributed by atoms with Crippen LogP contribution in [0, 0.1) is 0 Å². The molecule has 1 heterocycles. The molecule has 2 atom stereocenters. The summed E-state index contributed by atoms with van der Waals surface area (Å²) >= 11 is 0. The van der Waals surface area contributed by atoms with Gasteiger partial charge in [-0.25, -0.2) is 0 Å². The van der Waals surface area contributed by atoms with Gasteiger partial charge in [-0.2, -0.15) is 0 Å². The monoisotopic (exact) mass is 248 g/mol. The second-order valence-electron chi connectivity index (χ2n) is 5.32. The molecule has 0 radical (unpaired) electrons. The molecule has 0 aromatic heterocycles. The lowest BCUT2D eigenvalue weighted by atomic mass is 10.0. The van der Waals surface area contributed by atoms with Crippen molar-refractivity contribution in [2.45, 2.75) is 38.5 Å². The molecule has 18 heavy (non-hydrogen) atoms. The Morgan fingerprint density at radius 1 is 1.39 bits per heavy atom. The van der Waals surface area contributed by atoms with Crippen molar-refractivity contribution >= 4 is 0 Å². The third kappa shape index (κ3) is 4.41. The fourth-order valence-electron chi connectivity index (χ4n) is 2.54. The van der Waals surface area contributed by atoms with Gasteiger partial charge in [-0.15, -0.1) is 0 Å². The molecule has 2 N–H and O–H groups in total. The Morgan fingerprint density at radius 2 is 2.17 bits per heavy atom. The van der Waals surface area contributed by atoms with Crippen LogP contribution in [-0.4, -0.2) is 41.8 Å². The Hall–Kier alpha value is -0.900. The zero-order chi connectivity index (χ0) is 12.8. The average molecular weight is 248 g/mol. The van der Waals surface area contributed by atoms with Crippen LogP contribution in [0.2, 0.25) is 0 Å². The minimum Gasteiger partial charge on any atom is -0.392 e. The van der Waals surface area contributed by atoms with E-state index in [1.54, 1.807) is 0 Å². The highest BCUT2D eigenvalue weighted by molar-refractivity contribution is 5.14. The molecule has 1 saturated heterocycles. The minimum atomic E-state index is -0.255. The maximum absolute atomic E-state index is 9.31. The topological polar surface area (TPSA) is 35.5 Å². The summed E-state index contributed by atoms with van der Waals surface area (Å²) in [5.41, 5.74) is 1.38. The predicted molar refractivity (Wildman–Crippen MR) is 74.4 cm³/mol. The summed E-state index contributed by atoms with van der Waals surface area (Å²) < 4.78 is 0. The van der Waals surface area contributed by atoms with Crippen molar-refractivity contribution in [3.8, 4) is 0 Å². The SMILES string of the molecule is C[C@H](O)CNC1CCCN(Cc2ccccc2)C1. The summed E-state index contributed by atoms with van der Waals surface area (Å²) in [6, 6.07) is 11.2. The molecule has 3 heteroatoms. The first-order valence-corrected chi connectivity index (χ1v) is 6.92. The molecule has 0 amide bonds. The standard InChI is InChI=1S/C15H24N2O/c1-13(18)10-16-15-8-5-9-17(12-15)11-14-6-3-2-4-7-14/h2-4,6-7,13,15-16,18H,5,8-12H2,1H3/t13-,15?/m0/s1. The average Bonchev–Trinajstić information content (AvgIpc) is 2.38. The predicted octanol–water partition coefficient (Wildman–Crippen LogP) is 1.62. The highest BCUT2D eigenvalue weighted by atomic mass is 16.3. The number of piperidine rings is 1. The first kappa shape index (κ1) is 13.5. The van der Waals surface area contributed by atoms with Gasteiger partial charge in [0.2, 0.25) is 0 Å². The van der Waals surface area contributed by atoms with Crippen LogP contribution in [0.25, 0.3) is 0 Å². The largest absolute Gasteiger partial charge is 0.392 e. The summed E-state index contributed by atoms with van der Waals surface area (Å²) in [6.45, 7) is 5.83. The van der Waals surface area contributed by atoms with Crippen LogP contribution in [-0.2, 0) is 6.54 Å². The number of benzene rings is 1. The first-order valence-electron chi connectivity index (χ1n) is 6.92. The molecule has 0 bridgehead atoms. The Bertz CT molecular complexity index is 340. The molecule has 1 unspecified atom stereocenters. The summed E-state index contributed by atoms with van der Waals surface area (Å²) in [6.07, 6.45) is 2.21. The maximum atomic E-state index is 9.31. The van der Waals surface area contributed by atoms with Crippen LogP contribution < -0.4 is 5.32 Å². The zero-order valence-electron chi connectivity index (χ0n) is 11.2. The molecular formula is C15H24N2O. The fourth-order valence-corrected chi connectivity index (χ4v) is 2.54. The van der Waals surface area contributed by atoms with Gasteiger partial charge < -0.3 is 10.4 Å². The molecule has 100 valence electrons. The molecule has 1 aromatic rings. The molecule has 0 spiro atoms. The van der Waals surface area contributed by atoms with Crippen LogP contribution in [0.4, 0.5) is 0 Å². The van der Waals surface area contributed by atoms with E-state index in [1.165, 1.54) is 24.9 Å². The van der Waals surface area contributed by atoms with Crippen molar-refractivity contribution in [2.75, 3.05) is 19.6 Å². The van der Waals surface area contributed by atoms with E-state index in [4.69, 9.17) is 0 Å². The Kier molecular flexibility index (Phi) is 5.17. The van der Waals surface area contributed by atoms with E-state index in [1.807, 2.05) is 6.92 Å². The quantitative estimate of drug-likeness (QED) is 0.831. The summed E-state index contributed by atoms with van der Waals surface area (Å²) in [4.78, 5) is 2.50. The van der Waals surface area contributed by atoms with E-state index in [9.17, 15) is 5.11 Å². The van der Waals surface area contributed by atoms with Crippen molar-refractivity contribution in [1.29, 1.82) is 0 Å². The number of nitrogens with zero attached hydrogens (tertiary/aromatic N) is 1. The van der Waals surface area contributed by atoms with E-state index in [0.717, 1.165) is 13.1 Å². The smallest absolute Gasteiger partial charge is 0.0636 e. The van der Waals surface area contributed by atoms with E-state index in [0.29, 0.717) is 12.6 Å². The molecule has 1 aliphatic rings. The maximum Gasteiger partial charge on any atom is 0.0636 e. The van der Waals surface area contributed by atoms with Crippen molar-refractivity contribution in [2.24, 2.45) is 0 Å². The van der Waals surface area contributed by atoms with E-state index < -0.39 is 0 Å². The molecule has 1 aromatic carbocycles. The van der Waals surface area contributed by atoms with Gasteiger partial charge in [0.05, 0.1) is 6.10 Å². The lowest BCUT2D eigenvalue weighted by molar-refractivity contribution is 0.153. The third-order valence-electron chi connectivity index (χ3n) is 3.46. The first-order chi connectivity index (χ1) is 8.74. The Balaban J connectivity index is 1.79. The van der Waals surface area contributed by atoms with Crippen molar-refractivity contribution in [1.82, 2.24) is 10.2 Å². The highest BCUT2D eigenvalue weighted by Crippen LogP contribution is 2.13. The van der Waals surface area contributed by atoms with Gasteiger partial charge in [0, 0.05) is 25.7 Å². The van der Waals surface area contributed by atoms with Crippen LogP contribution in [0.5, 0.6) is 0 Å². The molecule has 1 fully saturated rings. The van der Waals surface area contributed by atoms with Crippen LogP contribution in [0.3, 0.4) is 0 Å². The van der Waals surface area contributed by atoms with Crippen LogP contribution in [0.15, 0.2) is 30.3 Å². The van der Waals surface area contributed by atoms with E-state index in [2.05, 4.69) is 40.5 Å². The van der Waals surface area contributed by atoms with E-state index >= 15 is 0 Å². The zero-order valence-corrected chi connectivity index (χ0v) is 11.2. The van der Waals surface area contributed by atoms with Gasteiger partial charge in [-0.05, 0) is 31.9 Å². The summed E-state index contributed by atoms with van der Waals surface area (Å²) in [5.74, 6) is 0. The third-order valence-corrected chi connectivity index (χ3v) is 3.46. The molecule has 2 rings (SSSR count). The van der Waals surface area contributed by atoms with Gasteiger partial charge >= 0.3 is 0 Å².